The topological polar surface area (TPSA) is 137 Å². The maximum absolute atomic E-state index is 11.8. The number of aromatic nitrogens is 4. The van der Waals surface area contributed by atoms with Crippen LogP contribution in [0.5, 0.6) is 0 Å². The Labute approximate surface area is 188 Å². The molecule has 9 nitrogen and oxygen atoms in total. The Kier molecular flexibility index (Phi) is 6.96. The van der Waals surface area contributed by atoms with E-state index in [9.17, 15) is 4.79 Å². The van der Waals surface area contributed by atoms with Gasteiger partial charge in [-0.1, -0.05) is 25.5 Å². The summed E-state index contributed by atoms with van der Waals surface area (Å²) in [5.41, 5.74) is 11.3. The molecule has 170 valence electrons. The second kappa shape index (κ2) is 10.1. The molecule has 2 aromatic heterocycles. The lowest BCUT2D eigenvalue weighted by Gasteiger charge is -2.25. The Bertz CT molecular complexity index is 1050. The van der Waals surface area contributed by atoms with Crippen molar-refractivity contribution in [2.24, 2.45) is 17.5 Å². The third-order valence-corrected chi connectivity index (χ3v) is 6.18. The van der Waals surface area contributed by atoms with Crippen LogP contribution in [0.4, 0.5) is 5.95 Å². The summed E-state index contributed by atoms with van der Waals surface area (Å²) in [6.07, 6.45) is 8.34. The molecule has 1 aliphatic rings. The molecule has 0 aliphatic heterocycles. The summed E-state index contributed by atoms with van der Waals surface area (Å²) in [6, 6.07) is 7.56. The summed E-state index contributed by atoms with van der Waals surface area (Å²) >= 11 is 0. The quantitative estimate of drug-likeness (QED) is 0.184. The van der Waals surface area contributed by atoms with Crippen molar-refractivity contribution in [3.63, 3.8) is 0 Å². The van der Waals surface area contributed by atoms with Gasteiger partial charge < -0.3 is 11.1 Å². The average molecular weight is 437 g/mol. The highest BCUT2D eigenvalue weighted by Gasteiger charge is 2.22. The monoisotopic (exact) mass is 436 g/mol. The molecule has 1 aromatic carbocycles. The predicted octanol–water partition coefficient (Wildman–Crippen LogP) is 2.83. The standard InChI is InChI=1S/C23H32N8O/c1-2-3-12-26-23-27-13-19-20(16-6-8-17(9-7-16)22(32)29-25)30-31(21(19)28-23)14-15-4-10-18(24)11-5-15/h6-9,13,15,18H,2-5,10-12,14,24-25H2,1H3,(H,29,32)(H,26,27,28)/t15-,18-. The molecule has 1 fully saturated rings. The molecule has 0 spiro atoms. The zero-order valence-electron chi connectivity index (χ0n) is 18.6. The van der Waals surface area contributed by atoms with Gasteiger partial charge in [-0.15, -0.1) is 0 Å². The van der Waals surface area contributed by atoms with Crippen molar-refractivity contribution in [1.29, 1.82) is 0 Å². The number of carbonyl (C=O) groups is 1. The summed E-state index contributed by atoms with van der Waals surface area (Å²) in [4.78, 5) is 21.1. The number of hydrogen-bond acceptors (Lipinski definition) is 7. The van der Waals surface area contributed by atoms with E-state index in [1.165, 1.54) is 0 Å². The summed E-state index contributed by atoms with van der Waals surface area (Å²) in [5, 5.41) is 9.15. The summed E-state index contributed by atoms with van der Waals surface area (Å²) in [6.45, 7) is 3.81. The van der Waals surface area contributed by atoms with Gasteiger partial charge in [-0.05, 0) is 50.2 Å². The predicted molar refractivity (Wildman–Crippen MR) is 126 cm³/mol. The van der Waals surface area contributed by atoms with Gasteiger partial charge in [0.25, 0.3) is 5.91 Å². The van der Waals surface area contributed by atoms with Crippen LogP contribution >= 0.6 is 0 Å². The fourth-order valence-corrected chi connectivity index (χ4v) is 4.24. The van der Waals surface area contributed by atoms with Crippen LogP contribution in [0.15, 0.2) is 30.5 Å². The number of hydrogen-bond donors (Lipinski definition) is 4. The highest BCUT2D eigenvalue weighted by Crippen LogP contribution is 2.30. The smallest absolute Gasteiger partial charge is 0.265 e. The SMILES string of the molecule is CCCCNc1ncc2c(-c3ccc(C(=O)NN)cc3)nn(C[C@H]3CC[C@H](N)CC3)c2n1. The van der Waals surface area contributed by atoms with Crippen molar-refractivity contribution >= 4 is 22.9 Å². The number of carbonyl (C=O) groups excluding carboxylic acids is 1. The molecule has 0 unspecified atom stereocenters. The van der Waals surface area contributed by atoms with Gasteiger partial charge in [0.15, 0.2) is 5.65 Å². The summed E-state index contributed by atoms with van der Waals surface area (Å²) in [7, 11) is 0. The van der Waals surface area contributed by atoms with Crippen LogP contribution in [0.25, 0.3) is 22.3 Å². The number of hydrazine groups is 1. The Morgan fingerprint density at radius 3 is 2.62 bits per heavy atom. The van der Waals surface area contributed by atoms with Gasteiger partial charge in [0.2, 0.25) is 5.95 Å². The van der Waals surface area contributed by atoms with Crippen LogP contribution < -0.4 is 22.3 Å². The van der Waals surface area contributed by atoms with Crippen molar-refractivity contribution in [1.82, 2.24) is 25.2 Å². The highest BCUT2D eigenvalue weighted by molar-refractivity contribution is 5.95. The third-order valence-electron chi connectivity index (χ3n) is 6.18. The number of anilines is 1. The highest BCUT2D eigenvalue weighted by atomic mass is 16.2. The average Bonchev–Trinajstić information content (AvgIpc) is 3.18. The maximum atomic E-state index is 11.8. The minimum atomic E-state index is -0.325. The van der Waals surface area contributed by atoms with Gasteiger partial charge in [-0.25, -0.2) is 15.5 Å². The van der Waals surface area contributed by atoms with Gasteiger partial charge in [-0.2, -0.15) is 10.1 Å². The number of nitrogens with one attached hydrogen (secondary N) is 2. The Morgan fingerprint density at radius 2 is 1.94 bits per heavy atom. The zero-order valence-corrected chi connectivity index (χ0v) is 18.6. The van der Waals surface area contributed by atoms with Crippen LogP contribution in [0.1, 0.15) is 55.8 Å². The molecular weight excluding hydrogens is 404 g/mol. The van der Waals surface area contributed by atoms with E-state index in [0.29, 0.717) is 23.5 Å². The molecule has 2 heterocycles. The first-order valence-electron chi connectivity index (χ1n) is 11.4. The first kappa shape index (κ1) is 22.2. The van der Waals surface area contributed by atoms with Gasteiger partial charge in [0, 0.05) is 36.5 Å². The molecule has 32 heavy (non-hydrogen) atoms. The van der Waals surface area contributed by atoms with E-state index >= 15 is 0 Å². The molecule has 6 N–H and O–H groups in total. The fraction of sp³-hybridized carbons (Fsp3) is 0.478. The molecule has 4 rings (SSSR count). The fourth-order valence-electron chi connectivity index (χ4n) is 4.24. The van der Waals surface area contributed by atoms with Gasteiger partial charge in [-0.3, -0.25) is 10.2 Å². The minimum Gasteiger partial charge on any atom is -0.354 e. The second-order valence-electron chi connectivity index (χ2n) is 8.57. The van der Waals surface area contributed by atoms with Crippen LogP contribution in [-0.2, 0) is 6.54 Å². The van der Waals surface area contributed by atoms with Crippen molar-refractivity contribution in [2.75, 3.05) is 11.9 Å². The Hall–Kier alpha value is -3.04. The number of benzene rings is 1. The first-order chi connectivity index (χ1) is 15.6. The van der Waals surface area contributed by atoms with Crippen LogP contribution in [0.3, 0.4) is 0 Å². The van der Waals surface area contributed by atoms with E-state index < -0.39 is 0 Å². The molecule has 0 radical (unpaired) electrons. The third kappa shape index (κ3) is 4.89. The van der Waals surface area contributed by atoms with E-state index in [1.807, 2.05) is 23.0 Å². The molecule has 1 amide bonds. The number of fused-ring (bicyclic) bond motifs is 1. The Balaban J connectivity index is 1.68. The normalized spacial score (nSPS) is 18.6. The Morgan fingerprint density at radius 1 is 1.19 bits per heavy atom. The lowest BCUT2D eigenvalue weighted by molar-refractivity contribution is 0.0953. The van der Waals surface area contributed by atoms with E-state index in [-0.39, 0.29) is 5.91 Å². The molecule has 1 aliphatic carbocycles. The molecule has 0 saturated heterocycles. The number of nitrogens with zero attached hydrogens (tertiary/aromatic N) is 4. The van der Waals surface area contributed by atoms with Crippen LogP contribution in [0.2, 0.25) is 0 Å². The van der Waals surface area contributed by atoms with Crippen LogP contribution in [-0.4, -0.2) is 38.2 Å². The lowest BCUT2D eigenvalue weighted by atomic mass is 9.86. The molecule has 9 heteroatoms. The lowest BCUT2D eigenvalue weighted by Crippen LogP contribution is -2.29. The van der Waals surface area contributed by atoms with Crippen molar-refractivity contribution < 1.29 is 4.79 Å². The summed E-state index contributed by atoms with van der Waals surface area (Å²) < 4.78 is 2.01. The van der Waals surface area contributed by atoms with E-state index in [4.69, 9.17) is 21.7 Å². The molecule has 0 atom stereocenters. The second-order valence-corrected chi connectivity index (χ2v) is 8.57. The zero-order chi connectivity index (χ0) is 22.5. The molecular formula is C23H32N8O. The number of unbranched alkanes of at least 4 members (excludes halogenated alkanes) is 1. The number of rotatable bonds is 8. The van der Waals surface area contributed by atoms with Crippen molar-refractivity contribution in [3.05, 3.63) is 36.0 Å². The van der Waals surface area contributed by atoms with Crippen molar-refractivity contribution in [3.8, 4) is 11.3 Å². The van der Waals surface area contributed by atoms with Gasteiger partial charge >= 0.3 is 0 Å². The van der Waals surface area contributed by atoms with E-state index in [1.54, 1.807) is 12.1 Å². The molecule has 0 bridgehead atoms. The summed E-state index contributed by atoms with van der Waals surface area (Å²) in [5.74, 6) is 6.07. The largest absolute Gasteiger partial charge is 0.354 e. The van der Waals surface area contributed by atoms with Crippen LogP contribution in [0, 0.1) is 5.92 Å². The minimum absolute atomic E-state index is 0.317. The van der Waals surface area contributed by atoms with Gasteiger partial charge in [0.1, 0.15) is 5.69 Å². The molecule has 3 aromatic rings. The van der Waals surface area contributed by atoms with E-state index in [0.717, 1.165) is 73.9 Å². The van der Waals surface area contributed by atoms with Crippen molar-refractivity contribution in [2.45, 2.75) is 58.0 Å². The van der Waals surface area contributed by atoms with Gasteiger partial charge in [0.05, 0.1) is 5.39 Å². The number of nitrogen functional groups attached to an aromatic ring is 1. The maximum Gasteiger partial charge on any atom is 0.265 e. The first-order valence-corrected chi connectivity index (χ1v) is 11.4. The molecule has 1 saturated carbocycles. The number of amides is 1. The van der Waals surface area contributed by atoms with E-state index in [2.05, 4.69) is 22.7 Å². The number of nitrogens with two attached hydrogens (primary N) is 2.